The number of benzene rings is 1. The van der Waals surface area contributed by atoms with E-state index in [0.717, 1.165) is 30.6 Å². The van der Waals surface area contributed by atoms with Crippen LogP contribution in [0.3, 0.4) is 0 Å². The summed E-state index contributed by atoms with van der Waals surface area (Å²) in [4.78, 5) is 18.2. The van der Waals surface area contributed by atoms with Gasteiger partial charge in [-0.05, 0) is 43.7 Å². The number of aryl methyl sites for hydroxylation is 2. The van der Waals surface area contributed by atoms with Crippen molar-refractivity contribution >= 4 is 20.9 Å². The molecule has 0 spiro atoms. The average Bonchev–Trinajstić information content (AvgIpc) is 3.22. The lowest BCUT2D eigenvalue weighted by Crippen LogP contribution is -2.37. The molecule has 3 rings (SSSR count). The number of ether oxygens (including phenoxy) is 2. The second-order valence-corrected chi connectivity index (χ2v) is 11.0. The van der Waals surface area contributed by atoms with Gasteiger partial charge in [-0.25, -0.2) is 8.42 Å². The predicted molar refractivity (Wildman–Crippen MR) is 146 cm³/mol. The third-order valence-corrected chi connectivity index (χ3v) is 8.30. The number of H-pyrrole nitrogens is 1. The van der Waals surface area contributed by atoms with Crippen molar-refractivity contribution in [1.29, 1.82) is 0 Å². The van der Waals surface area contributed by atoms with Gasteiger partial charge in [0.1, 0.15) is 11.3 Å². The van der Waals surface area contributed by atoms with Crippen LogP contribution in [-0.2, 0) is 28.2 Å². The van der Waals surface area contributed by atoms with Crippen LogP contribution in [0.4, 0.5) is 0 Å². The summed E-state index contributed by atoms with van der Waals surface area (Å²) < 4.78 is 41.0. The third kappa shape index (κ3) is 6.40. The molecule has 1 N–H and O–H groups in total. The predicted octanol–water partition coefficient (Wildman–Crippen LogP) is 2.87. The Kier molecular flexibility index (Phi) is 9.88. The third-order valence-electron chi connectivity index (χ3n) is 6.45. The molecular weight excluding hydrogens is 494 g/mol. The van der Waals surface area contributed by atoms with E-state index in [0.29, 0.717) is 55.2 Å². The molecule has 204 valence electrons. The largest absolute Gasteiger partial charge is 0.493 e. The Balaban J connectivity index is 2.02. The molecule has 0 aliphatic carbocycles. The van der Waals surface area contributed by atoms with Crippen molar-refractivity contribution in [3.05, 3.63) is 40.3 Å². The van der Waals surface area contributed by atoms with E-state index in [1.165, 1.54) is 4.31 Å². The normalized spacial score (nSPS) is 12.2. The highest BCUT2D eigenvalue weighted by Crippen LogP contribution is 2.33. The average molecular weight is 534 g/mol. The minimum absolute atomic E-state index is 0.136. The molecule has 0 radical (unpaired) electrons. The molecule has 0 atom stereocenters. The lowest BCUT2D eigenvalue weighted by atomic mass is 10.1. The van der Waals surface area contributed by atoms with Crippen LogP contribution in [0.1, 0.15) is 32.9 Å². The van der Waals surface area contributed by atoms with E-state index >= 15 is 0 Å². The van der Waals surface area contributed by atoms with E-state index in [-0.39, 0.29) is 10.5 Å². The van der Waals surface area contributed by atoms with Crippen molar-refractivity contribution < 1.29 is 17.9 Å². The van der Waals surface area contributed by atoms with Crippen LogP contribution in [0.25, 0.3) is 22.2 Å². The number of hydrogen-bond donors (Lipinski definition) is 1. The zero-order valence-electron chi connectivity index (χ0n) is 22.7. The highest BCUT2D eigenvalue weighted by atomic mass is 32.2. The molecule has 0 amide bonds. The van der Waals surface area contributed by atoms with Crippen molar-refractivity contribution in [1.82, 2.24) is 24.0 Å². The first kappa shape index (κ1) is 28.8. The molecule has 2 aromatic heterocycles. The fourth-order valence-electron chi connectivity index (χ4n) is 4.23. The van der Waals surface area contributed by atoms with Gasteiger partial charge < -0.3 is 19.4 Å². The second-order valence-electron chi connectivity index (χ2n) is 8.96. The molecule has 0 unspecified atom stereocenters. The van der Waals surface area contributed by atoms with E-state index in [1.807, 2.05) is 26.8 Å². The van der Waals surface area contributed by atoms with E-state index in [1.54, 1.807) is 44.1 Å². The maximum Gasteiger partial charge on any atom is 0.274 e. The van der Waals surface area contributed by atoms with E-state index in [2.05, 4.69) is 15.0 Å². The summed E-state index contributed by atoms with van der Waals surface area (Å²) in [6, 6.07) is 6.65. The first-order valence-corrected chi connectivity index (χ1v) is 14.2. The fraction of sp³-hybridized carbons (Fsp3) is 0.538. The molecule has 0 saturated heterocycles. The number of rotatable bonds is 14. The van der Waals surface area contributed by atoms with E-state index in [4.69, 9.17) is 9.47 Å². The molecule has 1 aromatic carbocycles. The topological polar surface area (TPSA) is 110 Å². The smallest absolute Gasteiger partial charge is 0.274 e. The van der Waals surface area contributed by atoms with Gasteiger partial charge in [0, 0.05) is 51.8 Å². The molecule has 0 aliphatic rings. The van der Waals surface area contributed by atoms with Crippen LogP contribution in [0.5, 0.6) is 5.75 Å². The summed E-state index contributed by atoms with van der Waals surface area (Å²) in [6.07, 6.45) is 1.45. The number of aromatic nitrogens is 3. The molecule has 2 heterocycles. The quantitative estimate of drug-likeness (QED) is 0.339. The van der Waals surface area contributed by atoms with Crippen LogP contribution in [0, 0.1) is 0 Å². The van der Waals surface area contributed by atoms with Gasteiger partial charge in [0.15, 0.2) is 0 Å². The van der Waals surface area contributed by atoms with Crippen molar-refractivity contribution in [2.75, 3.05) is 53.6 Å². The Morgan fingerprint density at radius 1 is 1.08 bits per heavy atom. The van der Waals surface area contributed by atoms with Gasteiger partial charge in [0.25, 0.3) is 5.56 Å². The molecule has 3 aromatic rings. The fourth-order valence-corrected chi connectivity index (χ4v) is 5.42. The summed E-state index contributed by atoms with van der Waals surface area (Å²) in [5.41, 5.74) is 2.00. The maximum atomic E-state index is 13.5. The molecule has 0 fully saturated rings. The van der Waals surface area contributed by atoms with Crippen molar-refractivity contribution in [2.45, 2.75) is 38.5 Å². The number of methoxy groups -OCH3 is 1. The highest BCUT2D eigenvalue weighted by molar-refractivity contribution is 7.89. The van der Waals surface area contributed by atoms with Crippen LogP contribution in [0.2, 0.25) is 0 Å². The second kappa shape index (κ2) is 12.7. The van der Waals surface area contributed by atoms with Crippen LogP contribution in [-0.4, -0.2) is 85.9 Å². The first-order chi connectivity index (χ1) is 17.7. The maximum absolute atomic E-state index is 13.5. The number of sulfonamides is 1. The van der Waals surface area contributed by atoms with Crippen LogP contribution >= 0.6 is 0 Å². The number of hydrogen-bond acceptors (Lipinski definition) is 7. The number of nitrogens with one attached hydrogen (secondary N) is 1. The Morgan fingerprint density at radius 2 is 1.84 bits per heavy atom. The van der Waals surface area contributed by atoms with Crippen molar-refractivity contribution in [3.8, 4) is 17.0 Å². The Hall–Kier alpha value is -2.73. The summed E-state index contributed by atoms with van der Waals surface area (Å²) in [5.74, 6) is 0.511. The Bertz CT molecular complexity index is 1370. The molecule has 0 bridgehead atoms. The number of nitrogens with zero attached hydrogens (tertiary/aromatic N) is 4. The Labute approximate surface area is 219 Å². The molecular formula is C26H39N5O5S. The molecule has 0 aliphatic heterocycles. The van der Waals surface area contributed by atoms with Gasteiger partial charge in [-0.1, -0.05) is 20.8 Å². The molecule has 11 heteroatoms. The molecule has 37 heavy (non-hydrogen) atoms. The summed E-state index contributed by atoms with van der Waals surface area (Å²) >= 11 is 0. The number of fused-ring (bicyclic) bond motifs is 1. The summed E-state index contributed by atoms with van der Waals surface area (Å²) in [5, 5.41) is 5.21. The van der Waals surface area contributed by atoms with Crippen LogP contribution in [0.15, 0.2) is 34.0 Å². The number of likely N-dealkylation sites (N-methyl/N-ethyl adjacent to an activating group) is 2. The summed E-state index contributed by atoms with van der Waals surface area (Å²) in [6.45, 7) is 9.53. The summed E-state index contributed by atoms with van der Waals surface area (Å²) in [7, 11) is 1.19. The van der Waals surface area contributed by atoms with Gasteiger partial charge in [-0.3, -0.25) is 9.48 Å². The van der Waals surface area contributed by atoms with Gasteiger partial charge in [0.05, 0.1) is 29.5 Å². The molecule has 0 saturated carbocycles. The van der Waals surface area contributed by atoms with Gasteiger partial charge >= 0.3 is 0 Å². The zero-order chi connectivity index (χ0) is 27.2. The first-order valence-electron chi connectivity index (χ1n) is 12.7. The number of pyridine rings is 1. The molecule has 10 nitrogen and oxygen atoms in total. The SMILES string of the molecule is CCCOc1ccc(S(=O)(=O)N(C)CCN(CC)CCOC)cc1-c1cc2c(CC)nn(C)c2c(=O)[nH]1. The monoisotopic (exact) mass is 533 g/mol. The standard InChI is InChI=1S/C26H39N5O5S/c1-7-15-36-24-11-10-19(37(33,34)29(4)12-13-31(9-3)14-16-35-6)17-20(24)23-18-21-22(8-2)28-30(5)25(21)26(32)27-23/h10-11,17-18H,7-9,12-16H2,1-6H3,(H,27,32). The van der Waals surface area contributed by atoms with Crippen molar-refractivity contribution in [3.63, 3.8) is 0 Å². The lowest BCUT2D eigenvalue weighted by molar-refractivity contribution is 0.148. The zero-order valence-corrected chi connectivity index (χ0v) is 23.5. The Morgan fingerprint density at radius 3 is 2.49 bits per heavy atom. The van der Waals surface area contributed by atoms with Gasteiger partial charge in [-0.15, -0.1) is 0 Å². The van der Waals surface area contributed by atoms with Crippen LogP contribution < -0.4 is 10.3 Å². The van der Waals surface area contributed by atoms with E-state index in [9.17, 15) is 13.2 Å². The minimum Gasteiger partial charge on any atom is -0.493 e. The van der Waals surface area contributed by atoms with E-state index < -0.39 is 10.0 Å². The highest BCUT2D eigenvalue weighted by Gasteiger charge is 2.24. The van der Waals surface area contributed by atoms with Gasteiger partial charge in [-0.2, -0.15) is 9.40 Å². The number of aromatic amines is 1. The van der Waals surface area contributed by atoms with Crippen molar-refractivity contribution in [2.24, 2.45) is 7.05 Å². The lowest BCUT2D eigenvalue weighted by Gasteiger charge is -2.24. The minimum atomic E-state index is -3.78. The van der Waals surface area contributed by atoms with Gasteiger partial charge in [0.2, 0.25) is 10.0 Å².